The first-order chi connectivity index (χ1) is 7.97. The quantitative estimate of drug-likeness (QED) is 0.321. The third-order valence-corrected chi connectivity index (χ3v) is 3.94. The number of rotatable bonds is 5. The molecule has 0 aromatic heterocycles. The van der Waals surface area contributed by atoms with Crippen molar-refractivity contribution in [1.29, 1.82) is 0 Å². The first kappa shape index (κ1) is 17.9. The highest BCUT2D eigenvalue weighted by Crippen LogP contribution is 2.16. The van der Waals surface area contributed by atoms with Crippen molar-refractivity contribution in [2.75, 3.05) is 18.6 Å². The van der Waals surface area contributed by atoms with E-state index in [1.165, 1.54) is 25.5 Å². The Morgan fingerprint density at radius 1 is 1.33 bits per heavy atom. The topological polar surface area (TPSA) is 84.5 Å². The molecule has 1 aliphatic rings. The van der Waals surface area contributed by atoms with E-state index >= 15 is 0 Å². The van der Waals surface area contributed by atoms with E-state index in [1.807, 2.05) is 0 Å². The summed E-state index contributed by atoms with van der Waals surface area (Å²) in [5.74, 6) is 0.623. The van der Waals surface area contributed by atoms with Gasteiger partial charge in [0.25, 0.3) is 0 Å². The van der Waals surface area contributed by atoms with Gasteiger partial charge in [0.1, 0.15) is 9.84 Å². The van der Waals surface area contributed by atoms with E-state index in [9.17, 15) is 8.42 Å². The van der Waals surface area contributed by atoms with Crippen LogP contribution in [0.5, 0.6) is 0 Å². The molecule has 0 spiro atoms. The fraction of sp³-hybridized carbons (Fsp3) is 0.909. The van der Waals surface area contributed by atoms with Crippen molar-refractivity contribution in [3.8, 4) is 0 Å². The van der Waals surface area contributed by atoms with Crippen molar-refractivity contribution in [2.24, 2.45) is 10.7 Å². The number of guanidine groups is 1. The molecular formula is C11H24IN3O2S. The van der Waals surface area contributed by atoms with Crippen LogP contribution in [-0.4, -0.2) is 39.0 Å². The van der Waals surface area contributed by atoms with Crippen LogP contribution in [0.2, 0.25) is 0 Å². The highest BCUT2D eigenvalue weighted by Gasteiger charge is 2.13. The Balaban J connectivity index is 0.00000289. The SMILES string of the molecule is CS(=O)(=O)CCCN=C(N)NC1CCCCC1.I. The summed E-state index contributed by atoms with van der Waals surface area (Å²) in [6.45, 7) is 0.471. The zero-order valence-corrected chi connectivity index (χ0v) is 14.0. The second-order valence-electron chi connectivity index (χ2n) is 4.73. The van der Waals surface area contributed by atoms with Gasteiger partial charge in [-0.05, 0) is 19.3 Å². The summed E-state index contributed by atoms with van der Waals surface area (Å²) in [4.78, 5) is 4.14. The van der Waals surface area contributed by atoms with Gasteiger partial charge in [0.2, 0.25) is 0 Å². The number of nitrogens with one attached hydrogen (secondary N) is 1. The molecule has 1 fully saturated rings. The Morgan fingerprint density at radius 2 is 1.94 bits per heavy atom. The Bertz CT molecular complexity index is 351. The molecule has 108 valence electrons. The standard InChI is InChI=1S/C11H23N3O2S.HI/c1-17(15,16)9-5-8-13-11(12)14-10-6-3-2-4-7-10;/h10H,2-9H2,1H3,(H3,12,13,14);1H. The molecule has 0 aliphatic heterocycles. The van der Waals surface area contributed by atoms with Crippen LogP contribution in [0.15, 0.2) is 4.99 Å². The van der Waals surface area contributed by atoms with Gasteiger partial charge in [-0.2, -0.15) is 0 Å². The molecule has 0 heterocycles. The Labute approximate surface area is 127 Å². The van der Waals surface area contributed by atoms with Crippen LogP contribution >= 0.6 is 24.0 Å². The third kappa shape index (κ3) is 8.96. The van der Waals surface area contributed by atoms with Crippen molar-refractivity contribution in [2.45, 2.75) is 44.6 Å². The molecule has 18 heavy (non-hydrogen) atoms. The highest BCUT2D eigenvalue weighted by atomic mass is 127. The highest BCUT2D eigenvalue weighted by molar-refractivity contribution is 14.0. The summed E-state index contributed by atoms with van der Waals surface area (Å²) in [6, 6.07) is 0.447. The van der Waals surface area contributed by atoms with Gasteiger partial charge in [0, 0.05) is 18.8 Å². The molecule has 0 unspecified atom stereocenters. The summed E-state index contributed by atoms with van der Waals surface area (Å²) in [5.41, 5.74) is 5.74. The molecule has 1 aliphatic carbocycles. The minimum absolute atomic E-state index is 0. The fourth-order valence-electron chi connectivity index (χ4n) is 2.03. The molecule has 0 aromatic rings. The second kappa shape index (κ2) is 8.95. The second-order valence-corrected chi connectivity index (χ2v) is 6.99. The maximum Gasteiger partial charge on any atom is 0.188 e. The average molecular weight is 389 g/mol. The van der Waals surface area contributed by atoms with Gasteiger partial charge in [-0.15, -0.1) is 24.0 Å². The van der Waals surface area contributed by atoms with Crippen molar-refractivity contribution in [3.63, 3.8) is 0 Å². The monoisotopic (exact) mass is 389 g/mol. The molecule has 5 nitrogen and oxygen atoms in total. The molecule has 0 amide bonds. The molecule has 0 bridgehead atoms. The van der Waals surface area contributed by atoms with Crippen LogP contribution in [0.25, 0.3) is 0 Å². The van der Waals surface area contributed by atoms with Gasteiger partial charge in [-0.3, -0.25) is 4.99 Å². The average Bonchev–Trinajstić information content (AvgIpc) is 2.25. The Kier molecular flexibility index (Phi) is 8.93. The summed E-state index contributed by atoms with van der Waals surface area (Å²) in [6.07, 6.45) is 7.88. The predicted molar refractivity (Wildman–Crippen MR) is 86.2 cm³/mol. The van der Waals surface area contributed by atoms with Crippen molar-refractivity contribution in [3.05, 3.63) is 0 Å². The van der Waals surface area contributed by atoms with Gasteiger partial charge in [0.15, 0.2) is 5.96 Å². The lowest BCUT2D eigenvalue weighted by atomic mass is 9.96. The molecular weight excluding hydrogens is 365 g/mol. The van der Waals surface area contributed by atoms with E-state index in [0.717, 1.165) is 12.8 Å². The maximum absolute atomic E-state index is 10.9. The lowest BCUT2D eigenvalue weighted by Crippen LogP contribution is -2.41. The molecule has 7 heteroatoms. The van der Waals surface area contributed by atoms with Crippen LogP contribution < -0.4 is 11.1 Å². The molecule has 3 N–H and O–H groups in total. The maximum atomic E-state index is 10.9. The Hall–Kier alpha value is -0.0500. The number of aliphatic imine (C=N–C) groups is 1. The van der Waals surface area contributed by atoms with Crippen LogP contribution in [0.4, 0.5) is 0 Å². The van der Waals surface area contributed by atoms with E-state index in [0.29, 0.717) is 25.0 Å². The summed E-state index contributed by atoms with van der Waals surface area (Å²) in [7, 11) is -2.88. The molecule has 0 radical (unpaired) electrons. The number of nitrogens with zero attached hydrogens (tertiary/aromatic N) is 1. The smallest absolute Gasteiger partial charge is 0.188 e. The lowest BCUT2D eigenvalue weighted by Gasteiger charge is -2.23. The molecule has 0 saturated heterocycles. The van der Waals surface area contributed by atoms with Crippen LogP contribution in [0.3, 0.4) is 0 Å². The van der Waals surface area contributed by atoms with Crippen molar-refractivity contribution < 1.29 is 8.42 Å². The minimum Gasteiger partial charge on any atom is -0.370 e. The first-order valence-electron chi connectivity index (χ1n) is 6.21. The zero-order chi connectivity index (χ0) is 12.7. The largest absolute Gasteiger partial charge is 0.370 e. The first-order valence-corrected chi connectivity index (χ1v) is 8.27. The van der Waals surface area contributed by atoms with Gasteiger partial charge >= 0.3 is 0 Å². The van der Waals surface area contributed by atoms with E-state index < -0.39 is 9.84 Å². The normalized spacial score (nSPS) is 18.2. The number of hydrogen-bond acceptors (Lipinski definition) is 3. The molecule has 0 atom stereocenters. The molecule has 0 aromatic carbocycles. The van der Waals surface area contributed by atoms with Gasteiger partial charge in [-0.25, -0.2) is 8.42 Å². The lowest BCUT2D eigenvalue weighted by molar-refractivity contribution is 0.412. The van der Waals surface area contributed by atoms with Gasteiger partial charge < -0.3 is 11.1 Å². The minimum atomic E-state index is -2.88. The summed E-state index contributed by atoms with van der Waals surface area (Å²) < 4.78 is 21.8. The molecule has 1 rings (SSSR count). The van der Waals surface area contributed by atoms with E-state index in [4.69, 9.17) is 5.73 Å². The summed E-state index contributed by atoms with van der Waals surface area (Å²) in [5, 5.41) is 3.19. The molecule has 1 saturated carbocycles. The fourth-order valence-corrected chi connectivity index (χ4v) is 2.68. The van der Waals surface area contributed by atoms with Crippen molar-refractivity contribution >= 4 is 39.8 Å². The van der Waals surface area contributed by atoms with Crippen LogP contribution in [-0.2, 0) is 9.84 Å². The van der Waals surface area contributed by atoms with Gasteiger partial charge in [-0.1, -0.05) is 19.3 Å². The number of nitrogens with two attached hydrogens (primary N) is 1. The third-order valence-electron chi connectivity index (χ3n) is 2.91. The number of halogens is 1. The zero-order valence-electron chi connectivity index (χ0n) is 10.9. The number of hydrogen-bond donors (Lipinski definition) is 2. The van der Waals surface area contributed by atoms with E-state index in [-0.39, 0.29) is 29.7 Å². The van der Waals surface area contributed by atoms with Crippen LogP contribution in [0.1, 0.15) is 38.5 Å². The van der Waals surface area contributed by atoms with E-state index in [1.54, 1.807) is 0 Å². The predicted octanol–water partition coefficient (Wildman–Crippen LogP) is 1.28. The summed E-state index contributed by atoms with van der Waals surface area (Å²) >= 11 is 0. The Morgan fingerprint density at radius 3 is 2.50 bits per heavy atom. The number of sulfone groups is 1. The van der Waals surface area contributed by atoms with Gasteiger partial charge in [0.05, 0.1) is 5.75 Å². The van der Waals surface area contributed by atoms with Crippen LogP contribution in [0, 0.1) is 0 Å². The van der Waals surface area contributed by atoms with E-state index in [2.05, 4.69) is 10.3 Å². The van der Waals surface area contributed by atoms with Crippen molar-refractivity contribution in [1.82, 2.24) is 5.32 Å².